The fourth-order valence-electron chi connectivity index (χ4n) is 1.24. The third-order valence-electron chi connectivity index (χ3n) is 1.96. The number of hydrogen-bond donors (Lipinski definition) is 2. The number of rotatable bonds is 4. The molecule has 2 aromatic heterocycles. The molecule has 0 spiro atoms. The summed E-state index contributed by atoms with van der Waals surface area (Å²) in [5.74, 6) is 0.531. The van der Waals surface area contributed by atoms with E-state index in [0.29, 0.717) is 16.0 Å². The summed E-state index contributed by atoms with van der Waals surface area (Å²) in [6.45, 7) is 0. The van der Waals surface area contributed by atoms with Gasteiger partial charge in [0.05, 0.1) is 23.1 Å². The highest BCUT2D eigenvalue weighted by atomic mass is 79.9. The van der Waals surface area contributed by atoms with Gasteiger partial charge >= 0.3 is 0 Å². The number of ether oxygens (including phenoxy) is 1. The third kappa shape index (κ3) is 3.70. The Morgan fingerprint density at radius 1 is 1.32 bits per heavy atom. The van der Waals surface area contributed by atoms with Crippen LogP contribution in [0.25, 0.3) is 0 Å². The summed E-state index contributed by atoms with van der Waals surface area (Å²) in [6.07, 6.45) is 4.96. The Labute approximate surface area is 116 Å². The summed E-state index contributed by atoms with van der Waals surface area (Å²) in [5, 5.41) is 8.38. The zero-order valence-corrected chi connectivity index (χ0v) is 11.0. The molecule has 6 nitrogen and oxygen atoms in total. The van der Waals surface area contributed by atoms with Crippen LogP contribution in [-0.2, 0) is 0 Å². The Morgan fingerprint density at radius 2 is 2.11 bits per heavy atom. The van der Waals surface area contributed by atoms with Crippen LogP contribution >= 0.6 is 15.9 Å². The van der Waals surface area contributed by atoms with Crippen molar-refractivity contribution in [1.82, 2.24) is 15.4 Å². The Hall–Kier alpha value is -2.06. The summed E-state index contributed by atoms with van der Waals surface area (Å²) in [6, 6.07) is 2.82. The van der Waals surface area contributed by atoms with Crippen LogP contribution in [0, 0.1) is 5.82 Å². The molecule has 8 heteroatoms. The standard InChI is InChI=1S/C11H8BrFN4O2/c12-10-2-9(5-15-11(10)16-6-17-18)19-8-1-7(13)3-14-4-8/h1-6,18H,(H,15,16,17). The van der Waals surface area contributed by atoms with E-state index in [-0.39, 0.29) is 5.75 Å². The summed E-state index contributed by atoms with van der Waals surface area (Å²) in [5.41, 5.74) is 1.77. The molecule has 2 N–H and O–H groups in total. The molecule has 0 atom stereocenters. The molecular weight excluding hydrogens is 319 g/mol. The van der Waals surface area contributed by atoms with Crippen molar-refractivity contribution < 1.29 is 14.3 Å². The van der Waals surface area contributed by atoms with Crippen LogP contribution < -0.4 is 10.2 Å². The summed E-state index contributed by atoms with van der Waals surface area (Å²) < 4.78 is 18.9. The van der Waals surface area contributed by atoms with Crippen LogP contribution in [0.1, 0.15) is 0 Å². The molecule has 98 valence electrons. The lowest BCUT2D eigenvalue weighted by Gasteiger charge is -2.06. The van der Waals surface area contributed by atoms with Gasteiger partial charge in [0.2, 0.25) is 0 Å². The molecule has 0 fully saturated rings. The molecule has 0 aliphatic rings. The minimum Gasteiger partial charge on any atom is -0.454 e. The van der Waals surface area contributed by atoms with Crippen LogP contribution in [0.5, 0.6) is 11.5 Å². The molecule has 2 heterocycles. The lowest BCUT2D eigenvalue weighted by atomic mass is 10.4. The largest absolute Gasteiger partial charge is 0.454 e. The number of hydroxylamine groups is 1. The maximum atomic E-state index is 12.9. The molecule has 0 radical (unpaired) electrons. The van der Waals surface area contributed by atoms with Crippen molar-refractivity contribution in [3.63, 3.8) is 0 Å². The van der Waals surface area contributed by atoms with Crippen LogP contribution in [0.3, 0.4) is 0 Å². The van der Waals surface area contributed by atoms with E-state index in [9.17, 15) is 4.39 Å². The average molecular weight is 327 g/mol. The molecule has 0 bridgehead atoms. The Kier molecular flexibility index (Phi) is 4.37. The predicted octanol–water partition coefficient (Wildman–Crippen LogP) is 2.81. The van der Waals surface area contributed by atoms with Gasteiger partial charge in [0.25, 0.3) is 0 Å². The molecule has 0 aliphatic carbocycles. The molecular formula is C11H8BrFN4O2. The Bertz CT molecular complexity index is 609. The van der Waals surface area contributed by atoms with Gasteiger partial charge in [-0.1, -0.05) is 0 Å². The summed E-state index contributed by atoms with van der Waals surface area (Å²) >= 11 is 3.25. The monoisotopic (exact) mass is 326 g/mol. The van der Waals surface area contributed by atoms with Crippen molar-refractivity contribution in [2.45, 2.75) is 0 Å². The highest BCUT2D eigenvalue weighted by Crippen LogP contribution is 2.29. The number of nitrogens with zero attached hydrogens (tertiary/aromatic N) is 3. The number of aromatic nitrogens is 2. The fourth-order valence-corrected chi connectivity index (χ4v) is 1.67. The topological polar surface area (TPSA) is 79.6 Å². The Balaban J connectivity index is 2.18. The molecule has 2 rings (SSSR count). The Morgan fingerprint density at radius 3 is 2.79 bits per heavy atom. The van der Waals surface area contributed by atoms with E-state index in [4.69, 9.17) is 9.94 Å². The van der Waals surface area contributed by atoms with Gasteiger partial charge in [-0.05, 0) is 15.9 Å². The zero-order valence-electron chi connectivity index (χ0n) is 9.42. The van der Waals surface area contributed by atoms with Crippen molar-refractivity contribution in [2.24, 2.45) is 4.99 Å². The first-order chi connectivity index (χ1) is 9.19. The van der Waals surface area contributed by atoms with Gasteiger partial charge in [-0.3, -0.25) is 15.7 Å². The van der Waals surface area contributed by atoms with Gasteiger partial charge in [0.15, 0.2) is 5.82 Å². The first-order valence-corrected chi connectivity index (χ1v) is 5.84. The number of halogens is 2. The van der Waals surface area contributed by atoms with E-state index in [1.54, 1.807) is 11.5 Å². The molecule has 0 aliphatic heterocycles. The third-order valence-corrected chi connectivity index (χ3v) is 2.54. The highest BCUT2D eigenvalue weighted by molar-refractivity contribution is 9.10. The second-order valence-corrected chi connectivity index (χ2v) is 4.16. The first kappa shape index (κ1) is 13.4. The van der Waals surface area contributed by atoms with Crippen molar-refractivity contribution in [1.29, 1.82) is 0 Å². The maximum Gasteiger partial charge on any atom is 0.168 e. The van der Waals surface area contributed by atoms with Gasteiger partial charge < -0.3 is 4.74 Å². The minimum absolute atomic E-state index is 0.266. The van der Waals surface area contributed by atoms with E-state index in [1.807, 2.05) is 0 Å². The van der Waals surface area contributed by atoms with Crippen LogP contribution in [0.15, 0.2) is 40.2 Å². The van der Waals surface area contributed by atoms with E-state index in [1.165, 1.54) is 18.5 Å². The number of hydrogen-bond acceptors (Lipinski definition) is 5. The van der Waals surface area contributed by atoms with E-state index >= 15 is 0 Å². The van der Waals surface area contributed by atoms with Gasteiger partial charge in [0.1, 0.15) is 23.7 Å². The SMILES string of the molecule is ONC=Nc1ncc(Oc2cncc(F)c2)cc1Br. The smallest absolute Gasteiger partial charge is 0.168 e. The lowest BCUT2D eigenvalue weighted by molar-refractivity contribution is 0.240. The van der Waals surface area contributed by atoms with Gasteiger partial charge in [-0.15, -0.1) is 0 Å². The quantitative estimate of drug-likeness (QED) is 0.513. The van der Waals surface area contributed by atoms with Crippen LogP contribution in [0.2, 0.25) is 0 Å². The van der Waals surface area contributed by atoms with Crippen molar-refractivity contribution >= 4 is 28.1 Å². The molecule has 0 saturated carbocycles. The van der Waals surface area contributed by atoms with Crippen molar-refractivity contribution in [3.8, 4) is 11.5 Å². The van der Waals surface area contributed by atoms with Crippen LogP contribution in [0.4, 0.5) is 10.2 Å². The molecule has 0 saturated heterocycles. The summed E-state index contributed by atoms with van der Waals surface area (Å²) in [4.78, 5) is 11.5. The normalized spacial score (nSPS) is 10.7. The number of nitrogens with one attached hydrogen (secondary N) is 1. The van der Waals surface area contributed by atoms with E-state index < -0.39 is 5.82 Å². The van der Waals surface area contributed by atoms with Gasteiger partial charge in [-0.25, -0.2) is 14.4 Å². The first-order valence-electron chi connectivity index (χ1n) is 5.05. The lowest BCUT2D eigenvalue weighted by Crippen LogP contribution is -2.01. The summed E-state index contributed by atoms with van der Waals surface area (Å²) in [7, 11) is 0. The highest BCUT2D eigenvalue weighted by Gasteiger charge is 2.04. The molecule has 19 heavy (non-hydrogen) atoms. The molecule has 0 amide bonds. The van der Waals surface area contributed by atoms with E-state index in [0.717, 1.165) is 12.5 Å². The van der Waals surface area contributed by atoms with Gasteiger partial charge in [0, 0.05) is 12.1 Å². The average Bonchev–Trinajstić information content (AvgIpc) is 2.38. The molecule has 0 aromatic carbocycles. The minimum atomic E-state index is -0.486. The fraction of sp³-hybridized carbons (Fsp3) is 0. The van der Waals surface area contributed by atoms with Crippen LogP contribution in [-0.4, -0.2) is 21.5 Å². The number of aliphatic imine (C=N–C) groups is 1. The second-order valence-electron chi connectivity index (χ2n) is 3.30. The predicted molar refractivity (Wildman–Crippen MR) is 69.3 cm³/mol. The van der Waals surface area contributed by atoms with E-state index in [2.05, 4.69) is 30.9 Å². The maximum absolute atomic E-state index is 12.9. The molecule has 2 aromatic rings. The van der Waals surface area contributed by atoms with Crippen molar-refractivity contribution in [2.75, 3.05) is 0 Å². The molecule has 0 unspecified atom stereocenters. The van der Waals surface area contributed by atoms with Crippen molar-refractivity contribution in [3.05, 3.63) is 41.0 Å². The number of pyridine rings is 2. The second kappa shape index (κ2) is 6.21. The van der Waals surface area contributed by atoms with Gasteiger partial charge in [-0.2, -0.15) is 0 Å². The zero-order chi connectivity index (χ0) is 13.7.